The minimum absolute atomic E-state index is 0.431. The minimum Gasteiger partial charge on any atom is -0.490 e. The lowest BCUT2D eigenvalue weighted by atomic mass is 10.2. The van der Waals surface area contributed by atoms with Crippen LogP contribution in [0.3, 0.4) is 0 Å². The molecule has 3 N–H and O–H groups in total. The van der Waals surface area contributed by atoms with Crippen LogP contribution in [0.15, 0.2) is 41.3 Å². The Morgan fingerprint density at radius 3 is 2.95 bits per heavy atom. The summed E-state index contributed by atoms with van der Waals surface area (Å²) < 4.78 is 11.1. The van der Waals surface area contributed by atoms with Crippen LogP contribution in [0.2, 0.25) is 0 Å². The third-order valence-electron chi connectivity index (χ3n) is 2.52. The first-order valence-electron chi connectivity index (χ1n) is 6.73. The highest BCUT2D eigenvalue weighted by Crippen LogP contribution is 2.28. The second-order valence-electron chi connectivity index (χ2n) is 4.19. The maximum Gasteiger partial charge on any atom is 0.205 e. The molecule has 0 atom stereocenters. The van der Waals surface area contributed by atoms with Crippen molar-refractivity contribution >= 4 is 28.5 Å². The molecule has 22 heavy (non-hydrogen) atoms. The molecule has 7 heteroatoms. The van der Waals surface area contributed by atoms with E-state index in [1.165, 1.54) is 11.3 Å². The zero-order valence-electron chi connectivity index (χ0n) is 12.3. The molecule has 1 heterocycles. The summed E-state index contributed by atoms with van der Waals surface area (Å²) in [7, 11) is 0. The average molecular weight is 318 g/mol. The summed E-state index contributed by atoms with van der Waals surface area (Å²) in [5, 5.41) is 6.51. The number of nitrogens with zero attached hydrogens (tertiary/aromatic N) is 2. The number of nitrogens with two attached hydrogens (primary N) is 1. The van der Waals surface area contributed by atoms with Crippen molar-refractivity contribution in [3.8, 4) is 11.5 Å². The standard InChI is InChI=1S/C15H18N4O2S/c1-3-7-21-12-6-5-11(8-13(12)20-4-2)9-17-19-15-18-14(16)10-22-15/h3,5-6,8-10H,1,4,7,16H2,2H3,(H,18,19). The summed E-state index contributed by atoms with van der Waals surface area (Å²) in [6, 6.07) is 5.60. The second kappa shape index (κ2) is 8.04. The van der Waals surface area contributed by atoms with E-state index >= 15 is 0 Å². The Labute approximate surface area is 133 Å². The van der Waals surface area contributed by atoms with Crippen molar-refractivity contribution in [3.05, 3.63) is 41.8 Å². The summed E-state index contributed by atoms with van der Waals surface area (Å²) in [5.74, 6) is 1.83. The maximum absolute atomic E-state index is 5.57. The smallest absolute Gasteiger partial charge is 0.205 e. The first-order chi connectivity index (χ1) is 10.7. The third-order valence-corrected chi connectivity index (χ3v) is 3.29. The fraction of sp³-hybridized carbons (Fsp3) is 0.200. The topological polar surface area (TPSA) is 81.8 Å². The number of aromatic nitrogens is 1. The molecule has 0 aliphatic heterocycles. The van der Waals surface area contributed by atoms with E-state index in [9.17, 15) is 0 Å². The predicted molar refractivity (Wildman–Crippen MR) is 91.0 cm³/mol. The highest BCUT2D eigenvalue weighted by Gasteiger charge is 2.05. The fourth-order valence-electron chi connectivity index (χ4n) is 1.64. The highest BCUT2D eigenvalue weighted by atomic mass is 32.1. The Bertz CT molecular complexity index is 655. The van der Waals surface area contributed by atoms with Crippen molar-refractivity contribution in [1.29, 1.82) is 0 Å². The molecule has 0 radical (unpaired) electrons. The molecule has 0 aliphatic rings. The van der Waals surface area contributed by atoms with Crippen LogP contribution < -0.4 is 20.6 Å². The van der Waals surface area contributed by atoms with Crippen LogP contribution in [0, 0.1) is 0 Å². The largest absolute Gasteiger partial charge is 0.490 e. The first kappa shape index (κ1) is 15.8. The van der Waals surface area contributed by atoms with Crippen molar-refractivity contribution < 1.29 is 9.47 Å². The van der Waals surface area contributed by atoms with E-state index in [-0.39, 0.29) is 0 Å². The number of hydrazone groups is 1. The number of hydrogen-bond donors (Lipinski definition) is 2. The van der Waals surface area contributed by atoms with Crippen molar-refractivity contribution in [2.45, 2.75) is 6.92 Å². The quantitative estimate of drug-likeness (QED) is 0.444. The second-order valence-corrected chi connectivity index (χ2v) is 5.04. The molecule has 2 aromatic rings. The van der Waals surface area contributed by atoms with E-state index in [1.54, 1.807) is 17.7 Å². The summed E-state index contributed by atoms with van der Waals surface area (Å²) >= 11 is 1.39. The molecule has 0 amide bonds. The van der Waals surface area contributed by atoms with E-state index in [0.717, 1.165) is 5.56 Å². The average Bonchev–Trinajstić information content (AvgIpc) is 2.92. The number of thiazole rings is 1. The van der Waals surface area contributed by atoms with Crippen LogP contribution in [-0.4, -0.2) is 24.4 Å². The maximum atomic E-state index is 5.57. The van der Waals surface area contributed by atoms with Gasteiger partial charge < -0.3 is 15.2 Å². The molecule has 0 unspecified atom stereocenters. The number of benzene rings is 1. The Hall–Kier alpha value is -2.54. The Morgan fingerprint density at radius 1 is 1.41 bits per heavy atom. The van der Waals surface area contributed by atoms with Crippen molar-refractivity contribution in [1.82, 2.24) is 4.98 Å². The van der Waals surface area contributed by atoms with Gasteiger partial charge >= 0.3 is 0 Å². The molecule has 0 spiro atoms. The molecule has 1 aromatic carbocycles. The lowest BCUT2D eigenvalue weighted by molar-refractivity contribution is 0.297. The number of nitrogens with one attached hydrogen (secondary N) is 1. The molecular weight excluding hydrogens is 300 g/mol. The van der Waals surface area contributed by atoms with Gasteiger partial charge in [0, 0.05) is 5.38 Å². The van der Waals surface area contributed by atoms with E-state index in [1.807, 2.05) is 25.1 Å². The van der Waals surface area contributed by atoms with Crippen LogP contribution in [0.5, 0.6) is 11.5 Å². The van der Waals surface area contributed by atoms with Gasteiger partial charge in [-0.15, -0.1) is 11.3 Å². The number of ether oxygens (including phenoxy) is 2. The van der Waals surface area contributed by atoms with E-state index in [0.29, 0.717) is 35.7 Å². The SMILES string of the molecule is C=CCOc1ccc(C=NNc2nc(N)cs2)cc1OCC. The Kier molecular flexibility index (Phi) is 5.79. The van der Waals surface area contributed by atoms with E-state index in [2.05, 4.69) is 22.1 Å². The van der Waals surface area contributed by atoms with Gasteiger partial charge in [0.05, 0.1) is 12.8 Å². The molecular formula is C15H18N4O2S. The molecule has 0 fully saturated rings. The monoisotopic (exact) mass is 318 g/mol. The minimum atomic E-state index is 0.431. The molecule has 116 valence electrons. The number of nitrogen functional groups attached to an aromatic ring is 1. The summed E-state index contributed by atoms with van der Waals surface area (Å²) in [6.07, 6.45) is 3.37. The lowest BCUT2D eigenvalue weighted by Crippen LogP contribution is -2.00. The number of anilines is 2. The normalized spacial score (nSPS) is 10.6. The van der Waals surface area contributed by atoms with E-state index < -0.39 is 0 Å². The molecule has 0 aliphatic carbocycles. The molecule has 0 saturated heterocycles. The van der Waals surface area contributed by atoms with Gasteiger partial charge in [0.15, 0.2) is 11.5 Å². The van der Waals surface area contributed by atoms with Gasteiger partial charge in [-0.05, 0) is 30.7 Å². The number of rotatable bonds is 8. The van der Waals surface area contributed by atoms with Gasteiger partial charge in [0.2, 0.25) is 5.13 Å². The van der Waals surface area contributed by atoms with Crippen LogP contribution in [0.1, 0.15) is 12.5 Å². The molecule has 1 aromatic heterocycles. The van der Waals surface area contributed by atoms with Gasteiger partial charge in [0.25, 0.3) is 0 Å². The lowest BCUT2D eigenvalue weighted by Gasteiger charge is -2.11. The molecule has 2 rings (SSSR count). The van der Waals surface area contributed by atoms with Crippen LogP contribution in [-0.2, 0) is 0 Å². The fourth-order valence-corrected chi connectivity index (χ4v) is 2.19. The van der Waals surface area contributed by atoms with E-state index in [4.69, 9.17) is 15.2 Å². The Balaban J connectivity index is 2.06. The van der Waals surface area contributed by atoms with Crippen LogP contribution >= 0.6 is 11.3 Å². The van der Waals surface area contributed by atoms with Gasteiger partial charge in [0.1, 0.15) is 12.4 Å². The molecule has 0 bridgehead atoms. The number of hydrogen-bond acceptors (Lipinski definition) is 7. The highest BCUT2D eigenvalue weighted by molar-refractivity contribution is 7.14. The molecule has 6 nitrogen and oxygen atoms in total. The van der Waals surface area contributed by atoms with Crippen molar-refractivity contribution in [2.75, 3.05) is 24.4 Å². The first-order valence-corrected chi connectivity index (χ1v) is 7.61. The van der Waals surface area contributed by atoms with Gasteiger partial charge in [-0.2, -0.15) is 5.10 Å². The molecule has 0 saturated carbocycles. The zero-order valence-corrected chi connectivity index (χ0v) is 13.1. The zero-order chi connectivity index (χ0) is 15.8. The van der Waals surface area contributed by atoms with Gasteiger partial charge in [-0.1, -0.05) is 12.7 Å². The van der Waals surface area contributed by atoms with Crippen molar-refractivity contribution in [2.24, 2.45) is 5.10 Å². The van der Waals surface area contributed by atoms with Gasteiger partial charge in [-0.3, -0.25) is 5.43 Å². The summed E-state index contributed by atoms with van der Waals surface area (Å²) in [4.78, 5) is 4.05. The van der Waals surface area contributed by atoms with Crippen LogP contribution in [0.25, 0.3) is 0 Å². The summed E-state index contributed by atoms with van der Waals surface area (Å²) in [5.41, 5.74) is 9.25. The predicted octanol–water partition coefficient (Wildman–Crippen LogP) is 3.13. The third kappa shape index (κ3) is 4.49. The van der Waals surface area contributed by atoms with Crippen molar-refractivity contribution in [3.63, 3.8) is 0 Å². The Morgan fingerprint density at radius 2 is 2.27 bits per heavy atom. The van der Waals surface area contributed by atoms with Crippen LogP contribution in [0.4, 0.5) is 10.9 Å². The summed E-state index contributed by atoms with van der Waals surface area (Å²) in [6.45, 7) is 6.54. The van der Waals surface area contributed by atoms with Gasteiger partial charge in [-0.25, -0.2) is 4.98 Å².